The first-order valence-electron chi connectivity index (χ1n) is 7.74. The van der Waals surface area contributed by atoms with E-state index in [2.05, 4.69) is 14.9 Å². The molecule has 0 radical (unpaired) electrons. The van der Waals surface area contributed by atoms with Gasteiger partial charge in [0.25, 0.3) is 5.91 Å². The Labute approximate surface area is 142 Å². The van der Waals surface area contributed by atoms with Crippen LogP contribution in [0.25, 0.3) is 0 Å². The predicted octanol–water partition coefficient (Wildman–Crippen LogP) is 3.24. The fraction of sp³-hybridized carbons (Fsp3) is 0.438. The summed E-state index contributed by atoms with van der Waals surface area (Å²) in [7, 11) is 0. The van der Waals surface area contributed by atoms with Crippen LogP contribution in [0, 0.1) is 18.6 Å². The van der Waals surface area contributed by atoms with Crippen molar-refractivity contribution < 1.29 is 18.3 Å². The number of hydrogen-bond acceptors (Lipinski definition) is 5. The largest absolute Gasteiger partial charge is 0.490 e. The molecule has 0 unspecified atom stereocenters. The van der Waals surface area contributed by atoms with Crippen molar-refractivity contribution in [2.45, 2.75) is 44.8 Å². The molecule has 0 bridgehead atoms. The molecule has 1 heterocycles. The van der Waals surface area contributed by atoms with Crippen molar-refractivity contribution in [1.29, 1.82) is 0 Å². The Morgan fingerprint density at radius 1 is 1.21 bits per heavy atom. The van der Waals surface area contributed by atoms with Gasteiger partial charge in [0.2, 0.25) is 0 Å². The maximum absolute atomic E-state index is 13.2. The summed E-state index contributed by atoms with van der Waals surface area (Å²) >= 11 is 1.08. The van der Waals surface area contributed by atoms with Crippen molar-refractivity contribution in [3.05, 3.63) is 40.4 Å². The van der Waals surface area contributed by atoms with E-state index in [-0.39, 0.29) is 23.8 Å². The SMILES string of the molecule is Cc1nnsc1C(=O)NC1CCC(Oc2cc(F)cc(F)c2)CC1. The van der Waals surface area contributed by atoms with Crippen molar-refractivity contribution in [2.75, 3.05) is 0 Å². The number of amides is 1. The van der Waals surface area contributed by atoms with Crippen LogP contribution in [0.15, 0.2) is 18.2 Å². The van der Waals surface area contributed by atoms with Crippen LogP contribution in [0.1, 0.15) is 41.0 Å². The predicted molar refractivity (Wildman–Crippen MR) is 85.1 cm³/mol. The molecule has 1 aliphatic carbocycles. The van der Waals surface area contributed by atoms with Crippen LogP contribution in [-0.4, -0.2) is 27.6 Å². The molecule has 1 fully saturated rings. The zero-order valence-electron chi connectivity index (χ0n) is 13.1. The van der Waals surface area contributed by atoms with Gasteiger partial charge in [-0.2, -0.15) is 0 Å². The summed E-state index contributed by atoms with van der Waals surface area (Å²) in [5.41, 5.74) is 0.627. The number of carbonyl (C=O) groups is 1. The van der Waals surface area contributed by atoms with E-state index in [1.807, 2.05) is 0 Å². The summed E-state index contributed by atoms with van der Waals surface area (Å²) < 4.78 is 35.8. The minimum absolute atomic E-state index is 0.0584. The van der Waals surface area contributed by atoms with Crippen molar-refractivity contribution in [1.82, 2.24) is 14.9 Å². The first-order chi connectivity index (χ1) is 11.5. The second-order valence-electron chi connectivity index (χ2n) is 5.86. The number of hydrogen-bond donors (Lipinski definition) is 1. The minimum Gasteiger partial charge on any atom is -0.490 e. The van der Waals surface area contributed by atoms with Gasteiger partial charge in [-0.05, 0) is 44.1 Å². The third-order valence-corrected chi connectivity index (χ3v) is 4.83. The van der Waals surface area contributed by atoms with Gasteiger partial charge >= 0.3 is 0 Å². The lowest BCUT2D eigenvalue weighted by atomic mass is 9.93. The van der Waals surface area contributed by atoms with Gasteiger partial charge in [0, 0.05) is 24.2 Å². The Morgan fingerprint density at radius 2 is 1.88 bits per heavy atom. The monoisotopic (exact) mass is 353 g/mol. The molecule has 5 nitrogen and oxygen atoms in total. The van der Waals surface area contributed by atoms with E-state index in [0.29, 0.717) is 23.4 Å². The van der Waals surface area contributed by atoms with Crippen molar-refractivity contribution in [3.8, 4) is 5.75 Å². The second kappa shape index (κ2) is 7.21. The molecule has 8 heteroatoms. The number of benzene rings is 1. The lowest BCUT2D eigenvalue weighted by Gasteiger charge is -2.29. The van der Waals surface area contributed by atoms with E-state index >= 15 is 0 Å². The molecule has 0 saturated heterocycles. The summed E-state index contributed by atoms with van der Waals surface area (Å²) in [4.78, 5) is 12.7. The number of aromatic nitrogens is 2. The van der Waals surface area contributed by atoms with E-state index in [9.17, 15) is 13.6 Å². The summed E-state index contributed by atoms with van der Waals surface area (Å²) in [6, 6.07) is 3.23. The van der Waals surface area contributed by atoms with E-state index in [1.165, 1.54) is 12.1 Å². The topological polar surface area (TPSA) is 64.1 Å². The Morgan fingerprint density at radius 3 is 2.46 bits per heavy atom. The molecule has 3 rings (SSSR count). The van der Waals surface area contributed by atoms with Crippen LogP contribution in [-0.2, 0) is 0 Å². The molecule has 1 aromatic carbocycles. The minimum atomic E-state index is -0.653. The number of aryl methyl sites for hydroxylation is 1. The van der Waals surface area contributed by atoms with Gasteiger partial charge in [-0.25, -0.2) is 8.78 Å². The quantitative estimate of drug-likeness (QED) is 0.916. The van der Waals surface area contributed by atoms with Gasteiger partial charge in [0.15, 0.2) is 0 Å². The molecule has 0 atom stereocenters. The Hall–Kier alpha value is -2.09. The molecule has 0 spiro atoms. The van der Waals surface area contributed by atoms with Crippen LogP contribution in [0.2, 0.25) is 0 Å². The van der Waals surface area contributed by atoms with Crippen LogP contribution in [0.3, 0.4) is 0 Å². The van der Waals surface area contributed by atoms with E-state index in [0.717, 1.165) is 30.4 Å². The summed E-state index contributed by atoms with van der Waals surface area (Å²) in [5.74, 6) is -1.26. The molecule has 128 valence electrons. The maximum Gasteiger partial charge on any atom is 0.265 e. The van der Waals surface area contributed by atoms with Crippen LogP contribution < -0.4 is 10.1 Å². The second-order valence-corrected chi connectivity index (χ2v) is 6.61. The average Bonchev–Trinajstić information content (AvgIpc) is 2.94. The molecule has 2 aromatic rings. The molecule has 1 amide bonds. The van der Waals surface area contributed by atoms with Gasteiger partial charge < -0.3 is 10.1 Å². The first kappa shape index (κ1) is 16.8. The van der Waals surface area contributed by atoms with Crippen LogP contribution in [0.4, 0.5) is 8.78 Å². The van der Waals surface area contributed by atoms with Crippen molar-refractivity contribution >= 4 is 17.4 Å². The third-order valence-electron chi connectivity index (χ3n) is 4.01. The molecular weight excluding hydrogens is 336 g/mol. The normalized spacial score (nSPS) is 20.6. The van der Waals surface area contributed by atoms with E-state index in [4.69, 9.17) is 4.74 Å². The lowest BCUT2D eigenvalue weighted by molar-refractivity contribution is 0.0896. The maximum atomic E-state index is 13.2. The summed E-state index contributed by atoms with van der Waals surface area (Å²) in [6.45, 7) is 1.75. The van der Waals surface area contributed by atoms with Crippen molar-refractivity contribution in [3.63, 3.8) is 0 Å². The third kappa shape index (κ3) is 4.05. The molecule has 1 aliphatic rings. The van der Waals surface area contributed by atoms with E-state index in [1.54, 1.807) is 6.92 Å². The molecule has 0 aliphatic heterocycles. The molecule has 1 N–H and O–H groups in total. The molecule has 24 heavy (non-hydrogen) atoms. The van der Waals surface area contributed by atoms with Gasteiger partial charge in [-0.1, -0.05) is 4.49 Å². The van der Waals surface area contributed by atoms with Crippen LogP contribution in [0.5, 0.6) is 5.75 Å². The fourth-order valence-corrected chi connectivity index (χ4v) is 3.36. The highest BCUT2D eigenvalue weighted by atomic mass is 32.1. The van der Waals surface area contributed by atoms with Crippen molar-refractivity contribution in [2.24, 2.45) is 0 Å². The fourth-order valence-electron chi connectivity index (χ4n) is 2.80. The average molecular weight is 353 g/mol. The lowest BCUT2D eigenvalue weighted by Crippen LogP contribution is -2.39. The zero-order chi connectivity index (χ0) is 17.1. The smallest absolute Gasteiger partial charge is 0.265 e. The number of rotatable bonds is 4. The molecule has 1 aromatic heterocycles. The number of nitrogens with one attached hydrogen (secondary N) is 1. The Balaban J connectivity index is 1.50. The Bertz CT molecular complexity index is 710. The van der Waals surface area contributed by atoms with Gasteiger partial charge in [-0.15, -0.1) is 5.10 Å². The zero-order valence-corrected chi connectivity index (χ0v) is 13.9. The Kier molecular flexibility index (Phi) is 5.03. The highest BCUT2D eigenvalue weighted by Crippen LogP contribution is 2.25. The number of nitrogens with zero attached hydrogens (tertiary/aromatic N) is 2. The van der Waals surface area contributed by atoms with E-state index < -0.39 is 11.6 Å². The number of ether oxygens (including phenoxy) is 1. The summed E-state index contributed by atoms with van der Waals surface area (Å²) in [5, 5.41) is 6.81. The highest BCUT2D eigenvalue weighted by molar-refractivity contribution is 7.08. The number of halogens is 2. The molecule has 1 saturated carbocycles. The van der Waals surface area contributed by atoms with Gasteiger partial charge in [-0.3, -0.25) is 4.79 Å². The van der Waals surface area contributed by atoms with Gasteiger partial charge in [0.1, 0.15) is 22.3 Å². The summed E-state index contributed by atoms with van der Waals surface area (Å²) in [6.07, 6.45) is 2.82. The first-order valence-corrected chi connectivity index (χ1v) is 8.51. The standard InChI is InChI=1S/C16H17F2N3O2S/c1-9-15(24-21-20-9)16(22)19-12-2-4-13(5-3-12)23-14-7-10(17)6-11(18)8-14/h6-8,12-13H,2-5H2,1H3,(H,19,22). The van der Waals surface area contributed by atoms with Crippen LogP contribution >= 0.6 is 11.5 Å². The van der Waals surface area contributed by atoms with Gasteiger partial charge in [0.05, 0.1) is 11.8 Å². The highest BCUT2D eigenvalue weighted by Gasteiger charge is 2.25. The number of carbonyl (C=O) groups excluding carboxylic acids is 1. The molecular formula is C16H17F2N3O2S.